The largest absolute Gasteiger partial charge is 0.324 e. The van der Waals surface area contributed by atoms with Crippen molar-refractivity contribution in [2.75, 3.05) is 0 Å². The molecular formula is C17H24N2. The van der Waals surface area contributed by atoms with E-state index in [2.05, 4.69) is 43.1 Å². The van der Waals surface area contributed by atoms with E-state index >= 15 is 0 Å². The normalized spacial score (nSPS) is 14.5. The van der Waals surface area contributed by atoms with Crippen molar-refractivity contribution in [3.8, 4) is 0 Å². The van der Waals surface area contributed by atoms with Crippen LogP contribution in [0.1, 0.15) is 51.1 Å². The molecule has 2 rings (SSSR count). The molecule has 0 saturated carbocycles. The molecule has 0 aliphatic rings. The second-order valence-electron chi connectivity index (χ2n) is 5.29. The van der Waals surface area contributed by atoms with Gasteiger partial charge in [-0.05, 0) is 36.1 Å². The van der Waals surface area contributed by atoms with Gasteiger partial charge in [-0.1, -0.05) is 45.2 Å². The molecule has 0 saturated heterocycles. The Morgan fingerprint density at radius 3 is 2.79 bits per heavy atom. The maximum absolute atomic E-state index is 6.46. The summed E-state index contributed by atoms with van der Waals surface area (Å²) in [5.41, 5.74) is 8.74. The first-order chi connectivity index (χ1) is 9.26. The number of unbranched alkanes of at least 4 members (excludes halogenated alkanes) is 1. The number of pyridine rings is 1. The van der Waals surface area contributed by atoms with Gasteiger partial charge in [0.2, 0.25) is 0 Å². The molecule has 0 aliphatic carbocycles. The van der Waals surface area contributed by atoms with Gasteiger partial charge in [-0.15, -0.1) is 0 Å². The van der Waals surface area contributed by atoms with Crippen molar-refractivity contribution < 1.29 is 0 Å². The van der Waals surface area contributed by atoms with E-state index in [4.69, 9.17) is 5.73 Å². The van der Waals surface area contributed by atoms with Gasteiger partial charge in [0.05, 0.1) is 5.52 Å². The van der Waals surface area contributed by atoms with E-state index in [9.17, 15) is 0 Å². The van der Waals surface area contributed by atoms with Crippen LogP contribution < -0.4 is 5.73 Å². The second kappa shape index (κ2) is 6.67. The molecule has 1 heterocycles. The molecule has 0 bridgehead atoms. The van der Waals surface area contributed by atoms with E-state index in [0.717, 1.165) is 11.9 Å². The van der Waals surface area contributed by atoms with Crippen LogP contribution in [0.4, 0.5) is 0 Å². The molecule has 0 amide bonds. The Morgan fingerprint density at radius 2 is 2.05 bits per heavy atom. The van der Waals surface area contributed by atoms with Crippen molar-refractivity contribution in [3.63, 3.8) is 0 Å². The Hall–Kier alpha value is -1.41. The van der Waals surface area contributed by atoms with Gasteiger partial charge >= 0.3 is 0 Å². The zero-order chi connectivity index (χ0) is 13.7. The van der Waals surface area contributed by atoms with E-state index in [1.807, 2.05) is 12.3 Å². The maximum Gasteiger partial charge on any atom is 0.0702 e. The number of benzene rings is 1. The minimum absolute atomic E-state index is 0.140. The van der Waals surface area contributed by atoms with E-state index in [1.54, 1.807) is 0 Å². The molecule has 2 N–H and O–H groups in total. The average Bonchev–Trinajstić information content (AvgIpc) is 2.47. The summed E-state index contributed by atoms with van der Waals surface area (Å²) in [7, 11) is 0. The van der Waals surface area contributed by atoms with Crippen LogP contribution in [0.15, 0.2) is 36.5 Å². The summed E-state index contributed by atoms with van der Waals surface area (Å²) in [5.74, 6) is 0.578. The predicted octanol–water partition coefficient (Wildman–Crippen LogP) is 4.45. The first-order valence-corrected chi connectivity index (χ1v) is 7.36. The number of hydrogen-bond acceptors (Lipinski definition) is 2. The quantitative estimate of drug-likeness (QED) is 0.829. The van der Waals surface area contributed by atoms with Gasteiger partial charge < -0.3 is 5.73 Å². The molecule has 2 aromatic rings. The molecule has 1 aromatic carbocycles. The zero-order valence-electron chi connectivity index (χ0n) is 12.0. The highest BCUT2D eigenvalue weighted by molar-refractivity contribution is 5.79. The van der Waals surface area contributed by atoms with E-state index in [1.165, 1.54) is 30.2 Å². The Morgan fingerprint density at radius 1 is 1.21 bits per heavy atom. The molecule has 0 fully saturated rings. The third kappa shape index (κ3) is 3.32. The standard InChI is InChI=1S/C17H24N2/c1-3-5-7-13(4-2)17(18)15-9-10-16-14(12-15)8-6-11-19-16/h6,8-13,17H,3-5,7,18H2,1-2H3. The van der Waals surface area contributed by atoms with Crippen LogP contribution in [0.25, 0.3) is 10.9 Å². The van der Waals surface area contributed by atoms with Crippen molar-refractivity contribution in [2.24, 2.45) is 11.7 Å². The zero-order valence-corrected chi connectivity index (χ0v) is 12.0. The molecule has 0 radical (unpaired) electrons. The molecule has 2 unspecified atom stereocenters. The number of hydrogen-bond donors (Lipinski definition) is 1. The van der Waals surface area contributed by atoms with E-state index < -0.39 is 0 Å². The fourth-order valence-electron chi connectivity index (χ4n) is 2.68. The third-order valence-electron chi connectivity index (χ3n) is 3.97. The highest BCUT2D eigenvalue weighted by Crippen LogP contribution is 2.28. The average molecular weight is 256 g/mol. The first kappa shape index (κ1) is 14.0. The maximum atomic E-state index is 6.46. The summed E-state index contributed by atoms with van der Waals surface area (Å²) in [4.78, 5) is 4.36. The monoisotopic (exact) mass is 256 g/mol. The lowest BCUT2D eigenvalue weighted by atomic mass is 9.87. The van der Waals surface area contributed by atoms with Crippen LogP contribution in [0.5, 0.6) is 0 Å². The summed E-state index contributed by atoms with van der Waals surface area (Å²) in [5, 5.41) is 1.18. The van der Waals surface area contributed by atoms with Gasteiger partial charge in [-0.25, -0.2) is 0 Å². The fourth-order valence-corrected chi connectivity index (χ4v) is 2.68. The van der Waals surface area contributed by atoms with Crippen molar-refractivity contribution in [1.82, 2.24) is 4.98 Å². The number of aromatic nitrogens is 1. The van der Waals surface area contributed by atoms with Crippen LogP contribution >= 0.6 is 0 Å². The molecule has 2 nitrogen and oxygen atoms in total. The summed E-state index contributed by atoms with van der Waals surface area (Å²) >= 11 is 0. The van der Waals surface area contributed by atoms with Gasteiger partial charge in [0.1, 0.15) is 0 Å². The summed E-state index contributed by atoms with van der Waals surface area (Å²) < 4.78 is 0. The highest BCUT2D eigenvalue weighted by Gasteiger charge is 2.17. The predicted molar refractivity (Wildman–Crippen MR) is 82.0 cm³/mol. The molecule has 0 aliphatic heterocycles. The molecule has 19 heavy (non-hydrogen) atoms. The minimum atomic E-state index is 0.140. The molecule has 102 valence electrons. The SMILES string of the molecule is CCCCC(CC)C(N)c1ccc2ncccc2c1. The highest BCUT2D eigenvalue weighted by atomic mass is 14.7. The van der Waals surface area contributed by atoms with E-state index in [-0.39, 0.29) is 6.04 Å². The smallest absolute Gasteiger partial charge is 0.0702 e. The Bertz CT molecular complexity index is 521. The summed E-state index contributed by atoms with van der Waals surface area (Å²) in [6, 6.07) is 10.6. The Kier molecular flexibility index (Phi) is 4.92. The minimum Gasteiger partial charge on any atom is -0.324 e. The van der Waals surface area contributed by atoms with Gasteiger partial charge in [0, 0.05) is 17.6 Å². The van der Waals surface area contributed by atoms with Crippen molar-refractivity contribution >= 4 is 10.9 Å². The third-order valence-corrected chi connectivity index (χ3v) is 3.97. The fraction of sp³-hybridized carbons (Fsp3) is 0.471. The number of nitrogens with zero attached hydrogens (tertiary/aromatic N) is 1. The van der Waals surface area contributed by atoms with Gasteiger partial charge in [0.15, 0.2) is 0 Å². The van der Waals surface area contributed by atoms with Crippen molar-refractivity contribution in [1.29, 1.82) is 0 Å². The number of fused-ring (bicyclic) bond motifs is 1. The second-order valence-corrected chi connectivity index (χ2v) is 5.29. The number of rotatable bonds is 6. The lowest BCUT2D eigenvalue weighted by Crippen LogP contribution is -2.21. The van der Waals surface area contributed by atoms with Crippen LogP contribution in [-0.4, -0.2) is 4.98 Å². The molecule has 2 heteroatoms. The van der Waals surface area contributed by atoms with Gasteiger partial charge in [-0.2, -0.15) is 0 Å². The Balaban J connectivity index is 2.21. The van der Waals surface area contributed by atoms with Gasteiger partial charge in [-0.3, -0.25) is 4.98 Å². The first-order valence-electron chi connectivity index (χ1n) is 7.36. The van der Waals surface area contributed by atoms with Crippen LogP contribution in [0.3, 0.4) is 0 Å². The molecule has 1 aromatic heterocycles. The van der Waals surface area contributed by atoms with Crippen molar-refractivity contribution in [3.05, 3.63) is 42.1 Å². The van der Waals surface area contributed by atoms with Crippen LogP contribution in [0, 0.1) is 5.92 Å². The molecular weight excluding hydrogens is 232 g/mol. The van der Waals surface area contributed by atoms with Gasteiger partial charge in [0.25, 0.3) is 0 Å². The van der Waals surface area contributed by atoms with Crippen molar-refractivity contribution in [2.45, 2.75) is 45.6 Å². The molecule has 0 spiro atoms. The summed E-state index contributed by atoms with van der Waals surface area (Å²) in [6.07, 6.45) is 6.70. The molecule has 2 atom stereocenters. The lowest BCUT2D eigenvalue weighted by Gasteiger charge is -2.23. The number of nitrogens with two attached hydrogens (primary N) is 1. The topological polar surface area (TPSA) is 38.9 Å². The summed E-state index contributed by atoms with van der Waals surface area (Å²) in [6.45, 7) is 4.47. The van der Waals surface area contributed by atoms with Crippen LogP contribution in [-0.2, 0) is 0 Å². The Labute approximate surface area is 116 Å². The van der Waals surface area contributed by atoms with Crippen LogP contribution in [0.2, 0.25) is 0 Å². The van der Waals surface area contributed by atoms with E-state index in [0.29, 0.717) is 5.92 Å². The lowest BCUT2D eigenvalue weighted by molar-refractivity contribution is 0.378.